The molecule has 0 aromatic heterocycles. The maximum Gasteiger partial charge on any atom is 0.339 e. The van der Waals surface area contributed by atoms with Crippen molar-refractivity contribution in [1.82, 2.24) is 0 Å². The summed E-state index contributed by atoms with van der Waals surface area (Å²) in [6, 6.07) is 13.7. The Labute approximate surface area is 138 Å². The van der Waals surface area contributed by atoms with Gasteiger partial charge >= 0.3 is 10.1 Å². The van der Waals surface area contributed by atoms with Crippen LogP contribution in [-0.2, 0) is 15.5 Å². The molecule has 0 saturated heterocycles. The molecule has 1 atom stereocenters. The topological polar surface area (TPSA) is 43.4 Å². The van der Waals surface area contributed by atoms with Gasteiger partial charge in [0, 0.05) is 5.41 Å². The van der Waals surface area contributed by atoms with Gasteiger partial charge in [-0.3, -0.25) is 0 Å². The van der Waals surface area contributed by atoms with Gasteiger partial charge in [0.25, 0.3) is 0 Å². The highest BCUT2D eigenvalue weighted by atomic mass is 32.2. The molecule has 4 heteroatoms. The van der Waals surface area contributed by atoms with Crippen molar-refractivity contribution in [3.8, 4) is 5.75 Å². The maximum absolute atomic E-state index is 12.3. The van der Waals surface area contributed by atoms with Gasteiger partial charge in [-0.15, -0.1) is 6.58 Å². The van der Waals surface area contributed by atoms with Crippen molar-refractivity contribution in [2.24, 2.45) is 0 Å². The molecule has 2 aromatic carbocycles. The lowest BCUT2D eigenvalue weighted by molar-refractivity contribution is 0.485. The first-order valence-corrected chi connectivity index (χ1v) is 8.97. The van der Waals surface area contributed by atoms with Gasteiger partial charge in [-0.2, -0.15) is 8.42 Å². The minimum Gasteiger partial charge on any atom is -0.379 e. The van der Waals surface area contributed by atoms with Crippen LogP contribution in [0.2, 0.25) is 0 Å². The fourth-order valence-electron chi connectivity index (χ4n) is 2.24. The van der Waals surface area contributed by atoms with Gasteiger partial charge in [0.2, 0.25) is 0 Å². The number of rotatable bonds is 6. The Bertz CT molecular complexity index is 774. The number of hydrogen-bond acceptors (Lipinski definition) is 3. The quantitative estimate of drug-likeness (QED) is 0.573. The Morgan fingerprint density at radius 2 is 1.65 bits per heavy atom. The SMILES string of the molecule is C=C[C@](C)(CC)c1ccc(OS(=O)(=O)c2ccc(C)cc2)cc1. The van der Waals surface area contributed by atoms with E-state index in [1.807, 2.05) is 25.1 Å². The molecule has 0 aliphatic carbocycles. The van der Waals surface area contributed by atoms with Gasteiger partial charge in [0.05, 0.1) is 0 Å². The number of benzene rings is 2. The zero-order valence-corrected chi connectivity index (χ0v) is 14.6. The van der Waals surface area contributed by atoms with Crippen LogP contribution in [0.25, 0.3) is 0 Å². The van der Waals surface area contributed by atoms with E-state index in [9.17, 15) is 8.42 Å². The van der Waals surface area contributed by atoms with Crippen LogP contribution in [0, 0.1) is 6.92 Å². The third kappa shape index (κ3) is 3.82. The first-order valence-electron chi connectivity index (χ1n) is 7.56. The normalized spacial score (nSPS) is 14.0. The lowest BCUT2D eigenvalue weighted by atomic mass is 9.80. The Balaban J connectivity index is 2.24. The standard InChI is InChI=1S/C19H22O3S/c1-5-19(4,6-2)16-9-11-17(12-10-16)22-23(20,21)18-13-7-15(3)8-14-18/h5,7-14H,1,6H2,2-4H3/t19-/m1/s1. The van der Waals surface area contributed by atoms with E-state index in [0.29, 0.717) is 5.75 Å². The summed E-state index contributed by atoms with van der Waals surface area (Å²) in [4.78, 5) is 0.150. The van der Waals surface area contributed by atoms with Crippen LogP contribution in [0.15, 0.2) is 66.1 Å². The van der Waals surface area contributed by atoms with Crippen LogP contribution in [-0.4, -0.2) is 8.42 Å². The van der Waals surface area contributed by atoms with Crippen molar-refractivity contribution in [2.45, 2.75) is 37.5 Å². The Kier molecular flexibility index (Phi) is 4.95. The molecule has 0 N–H and O–H groups in total. The number of allylic oxidation sites excluding steroid dienone is 1. The van der Waals surface area contributed by atoms with Crippen molar-refractivity contribution in [2.75, 3.05) is 0 Å². The molecule has 0 radical (unpaired) electrons. The molecule has 0 fully saturated rings. The fraction of sp³-hybridized carbons (Fsp3) is 0.263. The van der Waals surface area contributed by atoms with Gasteiger partial charge in [0.1, 0.15) is 10.6 Å². The van der Waals surface area contributed by atoms with Gasteiger partial charge in [-0.25, -0.2) is 0 Å². The molecule has 0 bridgehead atoms. The average Bonchev–Trinajstić information content (AvgIpc) is 2.55. The second-order valence-electron chi connectivity index (χ2n) is 5.85. The first-order chi connectivity index (χ1) is 10.8. The van der Waals surface area contributed by atoms with Gasteiger partial charge < -0.3 is 4.18 Å². The highest BCUT2D eigenvalue weighted by Crippen LogP contribution is 2.30. The van der Waals surface area contributed by atoms with Crippen LogP contribution >= 0.6 is 0 Å². The molecule has 122 valence electrons. The molecule has 23 heavy (non-hydrogen) atoms. The van der Waals surface area contributed by atoms with E-state index >= 15 is 0 Å². The van der Waals surface area contributed by atoms with Gasteiger partial charge in [-0.05, 0) is 43.2 Å². The zero-order chi connectivity index (χ0) is 17.1. The van der Waals surface area contributed by atoms with Crippen molar-refractivity contribution < 1.29 is 12.6 Å². The molecule has 0 amide bonds. The Hall–Kier alpha value is -2.07. The van der Waals surface area contributed by atoms with Crippen molar-refractivity contribution in [1.29, 1.82) is 0 Å². The van der Waals surface area contributed by atoms with E-state index in [0.717, 1.165) is 17.5 Å². The molecule has 2 aromatic rings. The van der Waals surface area contributed by atoms with E-state index in [1.165, 1.54) is 0 Å². The predicted molar refractivity (Wildman–Crippen MR) is 93.3 cm³/mol. The summed E-state index contributed by atoms with van der Waals surface area (Å²) >= 11 is 0. The monoisotopic (exact) mass is 330 g/mol. The molecule has 0 aliphatic rings. The summed E-state index contributed by atoms with van der Waals surface area (Å²) < 4.78 is 29.7. The minimum absolute atomic E-state index is 0.131. The van der Waals surface area contributed by atoms with Crippen molar-refractivity contribution in [3.63, 3.8) is 0 Å². The van der Waals surface area contributed by atoms with Crippen LogP contribution in [0.3, 0.4) is 0 Å². The molecule has 0 unspecified atom stereocenters. The van der Waals surface area contributed by atoms with Crippen molar-refractivity contribution >= 4 is 10.1 Å². The second kappa shape index (κ2) is 6.59. The average molecular weight is 330 g/mol. The van der Waals surface area contributed by atoms with Crippen LogP contribution < -0.4 is 4.18 Å². The first kappa shape index (κ1) is 17.3. The molecular weight excluding hydrogens is 308 g/mol. The van der Waals surface area contributed by atoms with Crippen LogP contribution in [0.5, 0.6) is 5.75 Å². The second-order valence-corrected chi connectivity index (χ2v) is 7.40. The molecule has 3 nitrogen and oxygen atoms in total. The Morgan fingerprint density at radius 1 is 1.09 bits per heavy atom. The number of hydrogen-bond donors (Lipinski definition) is 0. The lowest BCUT2D eigenvalue weighted by Gasteiger charge is -2.24. The fourth-order valence-corrected chi connectivity index (χ4v) is 3.17. The van der Waals surface area contributed by atoms with E-state index in [-0.39, 0.29) is 10.3 Å². The molecule has 0 saturated carbocycles. The zero-order valence-electron chi connectivity index (χ0n) is 13.7. The van der Waals surface area contributed by atoms with E-state index < -0.39 is 10.1 Å². The summed E-state index contributed by atoms with van der Waals surface area (Å²) in [6.45, 7) is 9.97. The predicted octanol–water partition coefficient (Wildman–Crippen LogP) is 4.62. The van der Waals surface area contributed by atoms with E-state index in [4.69, 9.17) is 4.18 Å². The molecular formula is C19H22O3S. The molecule has 0 spiro atoms. The van der Waals surface area contributed by atoms with Gasteiger partial charge in [0.15, 0.2) is 0 Å². The molecule has 0 aliphatic heterocycles. The summed E-state index contributed by atoms with van der Waals surface area (Å²) in [5.41, 5.74) is 1.95. The van der Waals surface area contributed by atoms with Crippen LogP contribution in [0.4, 0.5) is 0 Å². The highest BCUT2D eigenvalue weighted by molar-refractivity contribution is 7.87. The summed E-state index contributed by atoms with van der Waals surface area (Å²) in [5.74, 6) is 0.303. The summed E-state index contributed by atoms with van der Waals surface area (Å²) in [5, 5.41) is 0. The lowest BCUT2D eigenvalue weighted by Crippen LogP contribution is -2.17. The van der Waals surface area contributed by atoms with Crippen molar-refractivity contribution in [3.05, 3.63) is 72.3 Å². The molecule has 0 heterocycles. The van der Waals surface area contributed by atoms with E-state index in [1.54, 1.807) is 36.4 Å². The van der Waals surface area contributed by atoms with Gasteiger partial charge in [-0.1, -0.05) is 49.8 Å². The molecule has 2 rings (SSSR count). The smallest absolute Gasteiger partial charge is 0.339 e. The minimum atomic E-state index is -3.81. The third-order valence-corrected chi connectivity index (χ3v) is 5.48. The largest absolute Gasteiger partial charge is 0.379 e. The third-order valence-electron chi connectivity index (χ3n) is 4.21. The number of aryl methyl sites for hydroxylation is 1. The van der Waals surface area contributed by atoms with Crippen LogP contribution in [0.1, 0.15) is 31.4 Å². The highest BCUT2D eigenvalue weighted by Gasteiger charge is 2.21. The summed E-state index contributed by atoms with van der Waals surface area (Å²) in [6.07, 6.45) is 2.82. The van der Waals surface area contributed by atoms with E-state index in [2.05, 4.69) is 20.4 Å². The Morgan fingerprint density at radius 3 is 2.13 bits per heavy atom. The maximum atomic E-state index is 12.3. The summed E-state index contributed by atoms with van der Waals surface area (Å²) in [7, 11) is -3.81.